The summed E-state index contributed by atoms with van der Waals surface area (Å²) in [4.78, 5) is 2.21. The van der Waals surface area contributed by atoms with E-state index in [-0.39, 0.29) is 19.8 Å². The smallest absolute Gasteiger partial charge is 0.0471 e. The first-order valence-electron chi connectivity index (χ1n) is 11.7. The van der Waals surface area contributed by atoms with Gasteiger partial charge in [0.2, 0.25) is 0 Å². The third-order valence-corrected chi connectivity index (χ3v) is 6.00. The highest BCUT2D eigenvalue weighted by Crippen LogP contribution is 2.36. The second kappa shape index (κ2) is 11.6. The van der Waals surface area contributed by atoms with Crippen molar-refractivity contribution in [1.82, 2.24) is 0 Å². The van der Waals surface area contributed by atoms with Gasteiger partial charge in [0.05, 0.1) is 0 Å². The number of aliphatic hydroxyl groups excluding tert-OH is 3. The Morgan fingerprint density at radius 2 is 0.647 bits per heavy atom. The van der Waals surface area contributed by atoms with Gasteiger partial charge in [0.15, 0.2) is 0 Å². The van der Waals surface area contributed by atoms with Crippen LogP contribution in [-0.2, 0) is 19.3 Å². The van der Waals surface area contributed by atoms with E-state index >= 15 is 0 Å². The molecule has 0 aromatic heterocycles. The van der Waals surface area contributed by atoms with Gasteiger partial charge in [-0.2, -0.15) is 0 Å². The fourth-order valence-corrected chi connectivity index (χ4v) is 4.12. The molecular formula is C30H31NO3. The van der Waals surface area contributed by atoms with Crippen molar-refractivity contribution in [2.75, 3.05) is 24.7 Å². The van der Waals surface area contributed by atoms with Crippen molar-refractivity contribution in [2.45, 2.75) is 19.3 Å². The molecule has 0 atom stereocenters. The molecule has 0 aliphatic heterocycles. The fraction of sp³-hybridized carbons (Fsp3) is 0.200. The summed E-state index contributed by atoms with van der Waals surface area (Å²) in [7, 11) is 0. The molecule has 174 valence electrons. The van der Waals surface area contributed by atoms with Gasteiger partial charge in [-0.1, -0.05) is 60.7 Å². The Hall–Kier alpha value is -3.44. The molecule has 4 aromatic rings. The van der Waals surface area contributed by atoms with E-state index in [0.717, 1.165) is 44.9 Å². The van der Waals surface area contributed by atoms with Crippen LogP contribution in [-0.4, -0.2) is 35.1 Å². The van der Waals surface area contributed by atoms with E-state index < -0.39 is 0 Å². The molecule has 0 bridgehead atoms. The summed E-state index contributed by atoms with van der Waals surface area (Å²) in [5.74, 6) is 0. The van der Waals surface area contributed by atoms with Crippen LogP contribution in [0.4, 0.5) is 17.1 Å². The predicted octanol–water partition coefficient (Wildman–Crippen LogP) is 5.43. The Labute approximate surface area is 201 Å². The van der Waals surface area contributed by atoms with E-state index in [1.54, 1.807) is 0 Å². The van der Waals surface area contributed by atoms with Gasteiger partial charge in [0.25, 0.3) is 0 Å². The van der Waals surface area contributed by atoms with Crippen LogP contribution in [0.5, 0.6) is 0 Å². The molecule has 0 spiro atoms. The van der Waals surface area contributed by atoms with Crippen LogP contribution in [0.2, 0.25) is 0 Å². The molecule has 0 aliphatic rings. The van der Waals surface area contributed by atoms with Gasteiger partial charge in [-0.15, -0.1) is 0 Å². The molecule has 0 radical (unpaired) electrons. The number of hydrogen-bond donors (Lipinski definition) is 3. The van der Waals surface area contributed by atoms with E-state index in [1.807, 2.05) is 0 Å². The molecule has 3 N–H and O–H groups in total. The molecule has 0 unspecified atom stereocenters. The Balaban J connectivity index is 1.66. The van der Waals surface area contributed by atoms with Crippen LogP contribution >= 0.6 is 0 Å². The largest absolute Gasteiger partial charge is 0.396 e. The van der Waals surface area contributed by atoms with Crippen LogP contribution in [0.15, 0.2) is 97.1 Å². The molecule has 4 nitrogen and oxygen atoms in total. The lowest BCUT2D eigenvalue weighted by Crippen LogP contribution is -2.10. The summed E-state index contributed by atoms with van der Waals surface area (Å²) in [6.07, 6.45) is 1.95. The molecule has 34 heavy (non-hydrogen) atoms. The average molecular weight is 454 g/mol. The average Bonchev–Trinajstić information content (AvgIpc) is 2.88. The van der Waals surface area contributed by atoms with Gasteiger partial charge in [-0.05, 0) is 83.5 Å². The molecule has 4 aromatic carbocycles. The Kier molecular flexibility index (Phi) is 8.10. The van der Waals surface area contributed by atoms with Gasteiger partial charge in [0, 0.05) is 36.9 Å². The Morgan fingerprint density at radius 1 is 0.382 bits per heavy atom. The van der Waals surface area contributed by atoms with Gasteiger partial charge in [-0.3, -0.25) is 0 Å². The molecular weight excluding hydrogens is 422 g/mol. The lowest BCUT2D eigenvalue weighted by Gasteiger charge is -2.26. The van der Waals surface area contributed by atoms with Gasteiger partial charge < -0.3 is 20.2 Å². The minimum atomic E-state index is 0.137. The number of hydrogen-bond acceptors (Lipinski definition) is 4. The normalized spacial score (nSPS) is 10.9. The maximum Gasteiger partial charge on any atom is 0.0471 e. The lowest BCUT2D eigenvalue weighted by atomic mass is 10.0. The zero-order chi connectivity index (χ0) is 23.8. The van der Waals surface area contributed by atoms with Crippen molar-refractivity contribution in [2.24, 2.45) is 0 Å². The molecule has 0 saturated carbocycles. The predicted molar refractivity (Wildman–Crippen MR) is 139 cm³/mol. The van der Waals surface area contributed by atoms with Crippen molar-refractivity contribution in [3.05, 3.63) is 114 Å². The monoisotopic (exact) mass is 453 g/mol. The van der Waals surface area contributed by atoms with Crippen LogP contribution in [0.1, 0.15) is 16.7 Å². The minimum Gasteiger partial charge on any atom is -0.396 e. The first kappa shape index (κ1) is 23.7. The third-order valence-electron chi connectivity index (χ3n) is 6.00. The van der Waals surface area contributed by atoms with Crippen molar-refractivity contribution in [3.8, 4) is 11.1 Å². The molecule has 0 saturated heterocycles. The van der Waals surface area contributed by atoms with E-state index in [9.17, 15) is 10.2 Å². The van der Waals surface area contributed by atoms with Crippen LogP contribution < -0.4 is 4.90 Å². The van der Waals surface area contributed by atoms with Crippen molar-refractivity contribution >= 4 is 17.1 Å². The zero-order valence-electron chi connectivity index (χ0n) is 19.3. The number of anilines is 3. The molecule has 4 rings (SSSR count). The first-order chi connectivity index (χ1) is 16.7. The maximum absolute atomic E-state index is 9.25. The number of aliphatic hydroxyl groups is 3. The summed E-state index contributed by atoms with van der Waals surface area (Å²) in [6, 6.07) is 33.4. The second-order valence-corrected chi connectivity index (χ2v) is 8.33. The Bertz CT molecular complexity index is 1100. The van der Waals surface area contributed by atoms with E-state index in [1.165, 1.54) is 0 Å². The summed E-state index contributed by atoms with van der Waals surface area (Å²) >= 11 is 0. The molecule has 0 fully saturated rings. The van der Waals surface area contributed by atoms with Gasteiger partial charge >= 0.3 is 0 Å². The highest BCUT2D eigenvalue weighted by atomic mass is 16.3. The molecule has 0 heterocycles. The number of nitrogens with zero attached hydrogens (tertiary/aromatic N) is 1. The highest BCUT2D eigenvalue weighted by molar-refractivity contribution is 5.78. The summed E-state index contributed by atoms with van der Waals surface area (Å²) in [6.45, 7) is 0.432. The van der Waals surface area contributed by atoms with Crippen molar-refractivity contribution in [1.29, 1.82) is 0 Å². The summed E-state index contributed by atoms with van der Waals surface area (Å²) in [5.41, 5.74) is 8.73. The van der Waals surface area contributed by atoms with Crippen molar-refractivity contribution < 1.29 is 15.3 Å². The van der Waals surface area contributed by atoms with Gasteiger partial charge in [0.1, 0.15) is 0 Å². The molecule has 4 heteroatoms. The van der Waals surface area contributed by atoms with Crippen molar-refractivity contribution in [3.63, 3.8) is 0 Å². The third kappa shape index (κ3) is 5.72. The quantitative estimate of drug-likeness (QED) is 0.300. The van der Waals surface area contributed by atoms with Crippen LogP contribution in [0.25, 0.3) is 11.1 Å². The van der Waals surface area contributed by atoms with Crippen LogP contribution in [0, 0.1) is 0 Å². The highest BCUT2D eigenvalue weighted by Gasteiger charge is 2.13. The fourth-order valence-electron chi connectivity index (χ4n) is 4.12. The molecule has 0 aliphatic carbocycles. The van der Waals surface area contributed by atoms with E-state index in [2.05, 4.69) is 102 Å². The number of benzene rings is 4. The zero-order valence-corrected chi connectivity index (χ0v) is 19.3. The minimum absolute atomic E-state index is 0.137. The maximum atomic E-state index is 9.25. The van der Waals surface area contributed by atoms with E-state index in [0.29, 0.717) is 19.3 Å². The van der Waals surface area contributed by atoms with Crippen LogP contribution in [0.3, 0.4) is 0 Å². The Morgan fingerprint density at radius 3 is 0.971 bits per heavy atom. The standard InChI is InChI=1S/C30H31NO3/c32-20-17-23-1-7-26(8-2-23)27-9-15-30(16-10-27)31(28-11-3-24(4-12-28)18-21-33)29-13-5-25(6-14-29)19-22-34/h1-16,32-34H,17-22H2. The SMILES string of the molecule is OCCc1ccc(-c2ccc(N(c3ccc(CCO)cc3)c3ccc(CCO)cc3)cc2)cc1. The molecule has 0 amide bonds. The summed E-state index contributed by atoms with van der Waals surface area (Å²) < 4.78 is 0. The van der Waals surface area contributed by atoms with Gasteiger partial charge in [-0.25, -0.2) is 0 Å². The van der Waals surface area contributed by atoms with E-state index in [4.69, 9.17) is 5.11 Å². The summed E-state index contributed by atoms with van der Waals surface area (Å²) in [5, 5.41) is 27.6. The first-order valence-corrected chi connectivity index (χ1v) is 11.7. The lowest BCUT2D eigenvalue weighted by molar-refractivity contribution is 0.299. The number of rotatable bonds is 10. The second-order valence-electron chi connectivity index (χ2n) is 8.33. The topological polar surface area (TPSA) is 63.9 Å².